The Morgan fingerprint density at radius 2 is 1.47 bits per heavy atom. The van der Waals surface area contributed by atoms with Crippen molar-refractivity contribution in [3.8, 4) is 17.0 Å². The molecule has 4 aromatic carbocycles. The number of nitrogens with zero attached hydrogens (tertiary/aromatic N) is 2. The third-order valence-corrected chi connectivity index (χ3v) is 8.73. The summed E-state index contributed by atoms with van der Waals surface area (Å²) in [5.74, 6) is 1.01. The predicted octanol–water partition coefficient (Wildman–Crippen LogP) is 6.97. The first-order valence-corrected chi connectivity index (χ1v) is 13.5. The molecule has 0 bridgehead atoms. The van der Waals surface area contributed by atoms with Gasteiger partial charge in [-0.05, 0) is 63.1 Å². The van der Waals surface area contributed by atoms with Gasteiger partial charge in [0.1, 0.15) is 0 Å². The molecule has 1 saturated heterocycles. The zero-order valence-corrected chi connectivity index (χ0v) is 21.1. The number of ether oxygens (including phenoxy) is 1. The minimum absolute atomic E-state index is 0.477. The second-order valence-electron chi connectivity index (χ2n) is 9.30. The van der Waals surface area contributed by atoms with E-state index in [0.29, 0.717) is 11.8 Å². The van der Waals surface area contributed by atoms with Crippen LogP contribution in [-0.2, 0) is 11.4 Å². The van der Waals surface area contributed by atoms with Crippen LogP contribution in [0, 0.1) is 0 Å². The van der Waals surface area contributed by atoms with E-state index < -0.39 is 11.4 Å². The minimum Gasteiger partial charge on any atom is -0.593 e. The highest BCUT2D eigenvalue weighted by Crippen LogP contribution is 2.38. The Morgan fingerprint density at radius 1 is 0.833 bits per heavy atom. The number of aromatic nitrogens is 1. The fourth-order valence-electron chi connectivity index (χ4n) is 5.34. The van der Waals surface area contributed by atoms with E-state index in [2.05, 4.69) is 88.2 Å². The molecule has 4 nitrogen and oxygen atoms in total. The van der Waals surface area contributed by atoms with E-state index in [1.54, 1.807) is 19.4 Å². The largest absolute Gasteiger partial charge is 0.593 e. The maximum Gasteiger partial charge on any atom is 0.213 e. The smallest absolute Gasteiger partial charge is 0.213 e. The summed E-state index contributed by atoms with van der Waals surface area (Å²) in [5.41, 5.74) is 3.91. The van der Waals surface area contributed by atoms with Crippen molar-refractivity contribution >= 4 is 32.9 Å². The molecule has 0 spiro atoms. The molecular weight excluding hydrogens is 464 g/mol. The molecule has 5 heteroatoms. The van der Waals surface area contributed by atoms with E-state index in [-0.39, 0.29) is 0 Å². The van der Waals surface area contributed by atoms with Crippen molar-refractivity contribution in [1.29, 1.82) is 0 Å². The third kappa shape index (κ3) is 4.35. The molecule has 5 aromatic rings. The first-order chi connectivity index (χ1) is 17.7. The molecule has 1 aromatic heterocycles. The number of methoxy groups -OCH3 is 1. The van der Waals surface area contributed by atoms with Crippen LogP contribution in [0.25, 0.3) is 32.7 Å². The van der Waals surface area contributed by atoms with Crippen molar-refractivity contribution in [1.82, 2.24) is 9.29 Å². The minimum atomic E-state index is -1.19. The Labute approximate surface area is 214 Å². The average Bonchev–Trinajstić information content (AvgIpc) is 2.96. The lowest BCUT2D eigenvalue weighted by atomic mass is 9.87. The van der Waals surface area contributed by atoms with Gasteiger partial charge in [-0.25, -0.2) is 4.98 Å². The van der Waals surface area contributed by atoms with Crippen molar-refractivity contribution in [2.75, 3.05) is 20.2 Å². The molecule has 6 rings (SSSR count). The molecule has 1 aliphatic heterocycles. The van der Waals surface area contributed by atoms with Gasteiger partial charge in [0, 0.05) is 25.2 Å². The number of pyridine rings is 1. The summed E-state index contributed by atoms with van der Waals surface area (Å²) < 4.78 is 20.2. The monoisotopic (exact) mass is 492 g/mol. The zero-order chi connectivity index (χ0) is 24.5. The third-order valence-electron chi connectivity index (χ3n) is 7.25. The quantitative estimate of drug-likeness (QED) is 0.196. The summed E-state index contributed by atoms with van der Waals surface area (Å²) in [5, 5.41) is 5.10. The fourth-order valence-corrected chi connectivity index (χ4v) is 6.51. The van der Waals surface area contributed by atoms with E-state index in [1.807, 2.05) is 6.07 Å². The molecule has 1 atom stereocenters. The van der Waals surface area contributed by atoms with Crippen molar-refractivity contribution < 1.29 is 9.29 Å². The molecular formula is C31H28N2O2S. The Kier molecular flexibility index (Phi) is 6.36. The van der Waals surface area contributed by atoms with Crippen molar-refractivity contribution in [3.63, 3.8) is 0 Å². The van der Waals surface area contributed by atoms with Gasteiger partial charge in [-0.2, -0.15) is 0 Å². The van der Waals surface area contributed by atoms with Gasteiger partial charge in [0.15, 0.2) is 4.90 Å². The van der Waals surface area contributed by atoms with E-state index in [9.17, 15) is 4.55 Å². The summed E-state index contributed by atoms with van der Waals surface area (Å²) in [6.45, 7) is 1.61. The van der Waals surface area contributed by atoms with Crippen molar-refractivity contribution in [2.24, 2.45) is 0 Å². The lowest BCUT2D eigenvalue weighted by Gasteiger charge is -2.31. The van der Waals surface area contributed by atoms with Crippen LogP contribution in [0.4, 0.5) is 0 Å². The van der Waals surface area contributed by atoms with Crippen LogP contribution in [0.5, 0.6) is 5.88 Å². The maximum atomic E-state index is 13.0. The summed E-state index contributed by atoms with van der Waals surface area (Å²) in [7, 11) is 1.58. The zero-order valence-electron chi connectivity index (χ0n) is 20.3. The van der Waals surface area contributed by atoms with E-state index in [1.165, 1.54) is 38.2 Å². The van der Waals surface area contributed by atoms with Crippen LogP contribution in [-0.4, -0.2) is 34.0 Å². The summed E-state index contributed by atoms with van der Waals surface area (Å²) in [4.78, 5) is 4.93. The first kappa shape index (κ1) is 23.0. The molecule has 2 heterocycles. The number of fused-ring (bicyclic) bond motifs is 2. The normalized spacial score (nSPS) is 15.8. The van der Waals surface area contributed by atoms with Gasteiger partial charge >= 0.3 is 0 Å². The molecule has 0 radical (unpaired) electrons. The predicted molar refractivity (Wildman–Crippen MR) is 148 cm³/mol. The lowest BCUT2D eigenvalue weighted by molar-refractivity contribution is 0.319. The standard InChI is InChI=1S/C31H28N2O2S/c1-35-30-15-14-27(21-32-30)36(34)33-18-16-23(17-19-33)22-10-12-24(13-11-22)31-28-8-4-2-6-25(28)20-26-7-3-5-9-29(26)31/h2-15,20-21,23H,16-19H2,1H3. The van der Waals surface area contributed by atoms with Gasteiger partial charge in [-0.15, -0.1) is 4.31 Å². The van der Waals surface area contributed by atoms with Gasteiger partial charge in [0.2, 0.25) is 5.88 Å². The number of rotatable bonds is 5. The van der Waals surface area contributed by atoms with Crippen LogP contribution in [0.2, 0.25) is 0 Å². The number of hydrogen-bond donors (Lipinski definition) is 0. The van der Waals surface area contributed by atoms with Crippen LogP contribution >= 0.6 is 0 Å². The second kappa shape index (κ2) is 9.94. The molecule has 180 valence electrons. The molecule has 0 N–H and O–H groups in total. The summed E-state index contributed by atoms with van der Waals surface area (Å²) >= 11 is -1.19. The molecule has 0 amide bonds. The van der Waals surface area contributed by atoms with Crippen LogP contribution in [0.3, 0.4) is 0 Å². The van der Waals surface area contributed by atoms with Crippen LogP contribution < -0.4 is 4.74 Å². The van der Waals surface area contributed by atoms with Crippen molar-refractivity contribution in [2.45, 2.75) is 23.7 Å². The summed E-state index contributed by atoms with van der Waals surface area (Å²) in [6.07, 6.45) is 3.63. The van der Waals surface area contributed by atoms with Gasteiger partial charge < -0.3 is 9.29 Å². The molecule has 0 saturated carbocycles. The van der Waals surface area contributed by atoms with Crippen LogP contribution in [0.1, 0.15) is 24.3 Å². The summed E-state index contributed by atoms with van der Waals surface area (Å²) in [6, 6.07) is 32.3. The van der Waals surface area contributed by atoms with Gasteiger partial charge in [-0.3, -0.25) is 0 Å². The maximum absolute atomic E-state index is 13.0. The molecule has 1 unspecified atom stereocenters. The number of benzene rings is 4. The Hall–Kier alpha value is -3.38. The molecule has 1 aliphatic rings. The van der Waals surface area contributed by atoms with Crippen molar-refractivity contribution in [3.05, 3.63) is 103 Å². The molecule has 36 heavy (non-hydrogen) atoms. The number of piperidine rings is 1. The van der Waals surface area contributed by atoms with Crippen LogP contribution in [0.15, 0.2) is 102 Å². The molecule has 1 fully saturated rings. The topological polar surface area (TPSA) is 48.4 Å². The molecule has 0 aliphatic carbocycles. The van der Waals surface area contributed by atoms with E-state index >= 15 is 0 Å². The highest BCUT2D eigenvalue weighted by molar-refractivity contribution is 7.89. The van der Waals surface area contributed by atoms with Gasteiger partial charge in [-0.1, -0.05) is 72.8 Å². The number of hydrogen-bond acceptors (Lipinski definition) is 4. The fraction of sp³-hybridized carbons (Fsp3) is 0.194. The second-order valence-corrected chi connectivity index (χ2v) is 10.8. The van der Waals surface area contributed by atoms with Gasteiger partial charge in [0.05, 0.1) is 24.7 Å². The highest BCUT2D eigenvalue weighted by Gasteiger charge is 2.29. The Balaban J connectivity index is 1.21. The Bertz CT molecular complexity index is 1440. The van der Waals surface area contributed by atoms with E-state index in [4.69, 9.17) is 4.74 Å². The highest BCUT2D eigenvalue weighted by atomic mass is 32.2. The Morgan fingerprint density at radius 3 is 2.06 bits per heavy atom. The SMILES string of the molecule is COc1ccc([S+]([O-])N2CCC(c3ccc(-c4c5ccccc5cc5ccccc45)cc3)CC2)cn1. The van der Waals surface area contributed by atoms with Gasteiger partial charge in [0.25, 0.3) is 0 Å². The van der Waals surface area contributed by atoms with E-state index in [0.717, 1.165) is 30.8 Å². The lowest BCUT2D eigenvalue weighted by Crippen LogP contribution is -2.37. The first-order valence-electron chi connectivity index (χ1n) is 12.4. The average molecular weight is 493 g/mol.